The van der Waals surface area contributed by atoms with E-state index in [0.29, 0.717) is 48.1 Å². The quantitative estimate of drug-likeness (QED) is 0.598. The molecule has 1 saturated heterocycles. The first kappa shape index (κ1) is 19.2. The zero-order valence-electron chi connectivity index (χ0n) is 16.9. The van der Waals surface area contributed by atoms with Crippen LogP contribution in [0.25, 0.3) is 0 Å². The van der Waals surface area contributed by atoms with Crippen molar-refractivity contribution in [1.29, 1.82) is 0 Å². The molecule has 8 nitrogen and oxygen atoms in total. The monoisotopic (exact) mass is 411 g/mol. The number of fused-ring (bicyclic) bond motifs is 2. The van der Waals surface area contributed by atoms with Gasteiger partial charge in [-0.3, -0.25) is 15.6 Å². The van der Waals surface area contributed by atoms with E-state index in [-0.39, 0.29) is 11.9 Å². The summed E-state index contributed by atoms with van der Waals surface area (Å²) >= 11 is 0. The van der Waals surface area contributed by atoms with Gasteiger partial charge < -0.3 is 15.5 Å². The molecule has 158 valence electrons. The minimum Gasteiger partial charge on any atom is -0.351 e. The normalized spacial score (nSPS) is 24.9. The molecule has 2 aromatic rings. The second kappa shape index (κ2) is 7.81. The van der Waals surface area contributed by atoms with Crippen LogP contribution in [0.15, 0.2) is 24.4 Å². The molecule has 2 aliphatic heterocycles. The maximum Gasteiger partial charge on any atom is 0.251 e. The largest absolute Gasteiger partial charge is 0.351 e. The number of aromatic nitrogens is 2. The van der Waals surface area contributed by atoms with Gasteiger partial charge in [-0.25, -0.2) is 9.37 Å². The van der Waals surface area contributed by atoms with Crippen molar-refractivity contribution in [3.05, 3.63) is 41.3 Å². The Morgan fingerprint density at radius 2 is 2.23 bits per heavy atom. The molecule has 0 bridgehead atoms. The number of anilines is 3. The highest BCUT2D eigenvalue weighted by Gasteiger charge is 2.40. The molecule has 1 aromatic heterocycles. The maximum absolute atomic E-state index is 14.8. The van der Waals surface area contributed by atoms with Crippen LogP contribution in [0, 0.1) is 11.7 Å². The Morgan fingerprint density at radius 3 is 3.10 bits per heavy atom. The highest BCUT2D eigenvalue weighted by Crippen LogP contribution is 2.34. The molecular weight excluding hydrogens is 385 g/mol. The van der Waals surface area contributed by atoms with Gasteiger partial charge in [-0.15, -0.1) is 0 Å². The van der Waals surface area contributed by atoms with Crippen molar-refractivity contribution >= 4 is 23.4 Å². The number of amides is 1. The van der Waals surface area contributed by atoms with Crippen molar-refractivity contribution in [3.63, 3.8) is 0 Å². The molecule has 0 radical (unpaired) electrons. The van der Waals surface area contributed by atoms with Gasteiger partial charge in [-0.2, -0.15) is 4.98 Å². The number of rotatable bonds is 5. The van der Waals surface area contributed by atoms with E-state index in [4.69, 9.17) is 0 Å². The summed E-state index contributed by atoms with van der Waals surface area (Å²) in [5, 5.41) is 5.94. The average Bonchev–Trinajstić information content (AvgIpc) is 3.38. The van der Waals surface area contributed by atoms with Crippen LogP contribution in [-0.2, 0) is 6.54 Å². The fourth-order valence-corrected chi connectivity index (χ4v) is 4.98. The zero-order valence-corrected chi connectivity index (χ0v) is 16.9. The van der Waals surface area contributed by atoms with Gasteiger partial charge in [0, 0.05) is 48.9 Å². The van der Waals surface area contributed by atoms with Gasteiger partial charge in [0.15, 0.2) is 11.6 Å². The first-order valence-electron chi connectivity index (χ1n) is 10.6. The van der Waals surface area contributed by atoms with Gasteiger partial charge >= 0.3 is 0 Å². The lowest BCUT2D eigenvalue weighted by molar-refractivity contribution is 0.0966. The lowest BCUT2D eigenvalue weighted by Crippen LogP contribution is -2.49. The standard InChI is InChI=1S/C21H26FN7O/c1-2-29(18-5-3-4-17-15(18)10-25-28-17)19-16(22)11-24-21(27-19)26-13-7-6-12-9-23-20(30)14(12)8-13/h6-8,11,15,17-18,25,28H,2-5,9-10H2,1H3,(H,23,30)(H,24,26,27). The first-order valence-corrected chi connectivity index (χ1v) is 10.6. The predicted molar refractivity (Wildman–Crippen MR) is 112 cm³/mol. The molecule has 2 fully saturated rings. The van der Waals surface area contributed by atoms with E-state index in [9.17, 15) is 9.18 Å². The molecule has 0 spiro atoms. The van der Waals surface area contributed by atoms with Crippen LogP contribution in [-0.4, -0.2) is 41.0 Å². The minimum atomic E-state index is -0.420. The van der Waals surface area contributed by atoms with Gasteiger partial charge in [0.2, 0.25) is 5.95 Å². The van der Waals surface area contributed by atoms with Crippen LogP contribution < -0.4 is 26.4 Å². The van der Waals surface area contributed by atoms with E-state index in [0.717, 1.165) is 31.4 Å². The van der Waals surface area contributed by atoms with Crippen LogP contribution in [0.2, 0.25) is 0 Å². The Kier molecular flexibility index (Phi) is 5.00. The molecule has 9 heteroatoms. The van der Waals surface area contributed by atoms with Crippen LogP contribution in [0.5, 0.6) is 0 Å². The third-order valence-corrected chi connectivity index (χ3v) is 6.44. The number of nitrogens with one attached hydrogen (secondary N) is 4. The highest BCUT2D eigenvalue weighted by molar-refractivity contribution is 5.99. The average molecular weight is 411 g/mol. The Labute approximate surface area is 174 Å². The summed E-state index contributed by atoms with van der Waals surface area (Å²) in [5.74, 6) is 0.554. The molecular formula is C21H26FN7O. The van der Waals surface area contributed by atoms with Crippen molar-refractivity contribution in [2.45, 2.75) is 44.8 Å². The summed E-state index contributed by atoms with van der Waals surface area (Å²) < 4.78 is 14.8. The van der Waals surface area contributed by atoms with Gasteiger partial charge in [-0.1, -0.05) is 6.07 Å². The Hall–Kier alpha value is -2.78. The summed E-state index contributed by atoms with van der Waals surface area (Å²) in [5.41, 5.74) is 8.93. The maximum atomic E-state index is 14.8. The predicted octanol–water partition coefficient (Wildman–Crippen LogP) is 2.07. The van der Waals surface area contributed by atoms with Crippen molar-refractivity contribution < 1.29 is 9.18 Å². The SMILES string of the molecule is CCN(c1nc(Nc2ccc3c(c2)C(=O)NC3)ncc1F)C1CCCC2NNCC21. The third kappa shape index (κ3) is 3.37. The number of carbonyl (C=O) groups is 1. The lowest BCUT2D eigenvalue weighted by atomic mass is 9.81. The molecule has 1 aromatic carbocycles. The van der Waals surface area contributed by atoms with Crippen LogP contribution in [0.4, 0.5) is 21.8 Å². The summed E-state index contributed by atoms with van der Waals surface area (Å²) in [6.45, 7) is 4.12. The van der Waals surface area contributed by atoms with Crippen LogP contribution in [0.1, 0.15) is 42.1 Å². The molecule has 3 atom stereocenters. The van der Waals surface area contributed by atoms with E-state index in [2.05, 4.69) is 36.4 Å². The van der Waals surface area contributed by atoms with Gasteiger partial charge in [-0.05, 0) is 43.9 Å². The zero-order chi connectivity index (χ0) is 20.7. The lowest BCUT2D eigenvalue weighted by Gasteiger charge is -2.40. The molecule has 5 rings (SSSR count). The minimum absolute atomic E-state index is 0.0860. The molecule has 1 saturated carbocycles. The van der Waals surface area contributed by atoms with E-state index in [1.807, 2.05) is 19.1 Å². The Morgan fingerprint density at radius 1 is 1.33 bits per heavy atom. The van der Waals surface area contributed by atoms with Crippen molar-refractivity contribution in [2.75, 3.05) is 23.3 Å². The number of nitrogens with zero attached hydrogens (tertiary/aromatic N) is 3. The molecule has 1 amide bonds. The number of hydrogen-bond acceptors (Lipinski definition) is 7. The molecule has 3 aliphatic rings. The van der Waals surface area contributed by atoms with Gasteiger partial charge in [0.05, 0.1) is 6.20 Å². The topological polar surface area (TPSA) is 94.2 Å². The molecule has 3 unspecified atom stereocenters. The van der Waals surface area contributed by atoms with Crippen molar-refractivity contribution in [2.24, 2.45) is 5.92 Å². The van der Waals surface area contributed by atoms with Crippen LogP contribution in [0.3, 0.4) is 0 Å². The summed E-state index contributed by atoms with van der Waals surface area (Å²) in [7, 11) is 0. The van der Waals surface area contributed by atoms with E-state index >= 15 is 0 Å². The van der Waals surface area contributed by atoms with E-state index in [1.54, 1.807) is 6.07 Å². The molecule has 3 heterocycles. The number of hydrogen-bond donors (Lipinski definition) is 4. The summed E-state index contributed by atoms with van der Waals surface area (Å²) in [6, 6.07) is 6.20. The van der Waals surface area contributed by atoms with Crippen molar-refractivity contribution in [3.8, 4) is 0 Å². The number of benzene rings is 1. The van der Waals surface area contributed by atoms with Crippen molar-refractivity contribution in [1.82, 2.24) is 26.1 Å². The second-order valence-corrected chi connectivity index (χ2v) is 8.12. The third-order valence-electron chi connectivity index (χ3n) is 6.44. The van der Waals surface area contributed by atoms with E-state index in [1.165, 1.54) is 6.20 Å². The summed E-state index contributed by atoms with van der Waals surface area (Å²) in [6.07, 6.45) is 4.48. The van der Waals surface area contributed by atoms with Gasteiger partial charge in [0.25, 0.3) is 5.91 Å². The Bertz CT molecular complexity index is 968. The summed E-state index contributed by atoms with van der Waals surface area (Å²) in [4.78, 5) is 22.7. The first-order chi connectivity index (χ1) is 14.6. The Balaban J connectivity index is 1.41. The van der Waals surface area contributed by atoms with E-state index < -0.39 is 5.82 Å². The number of carbonyl (C=O) groups excluding carboxylic acids is 1. The van der Waals surface area contributed by atoms with Crippen LogP contribution >= 0.6 is 0 Å². The van der Waals surface area contributed by atoms with Gasteiger partial charge in [0.1, 0.15) is 0 Å². The fourth-order valence-electron chi connectivity index (χ4n) is 4.98. The number of halogens is 1. The smallest absolute Gasteiger partial charge is 0.251 e. The fraction of sp³-hybridized carbons (Fsp3) is 0.476. The second-order valence-electron chi connectivity index (χ2n) is 8.12. The number of hydrazine groups is 1. The molecule has 30 heavy (non-hydrogen) atoms. The molecule has 4 N–H and O–H groups in total. The highest BCUT2D eigenvalue weighted by atomic mass is 19.1. The molecule has 1 aliphatic carbocycles.